The van der Waals surface area contributed by atoms with E-state index < -0.39 is 0 Å². The Morgan fingerprint density at radius 3 is 2.59 bits per heavy atom. The maximum Gasteiger partial charge on any atom is 0.133 e. The number of fused-ring (bicyclic) bond motifs is 1. The summed E-state index contributed by atoms with van der Waals surface area (Å²) in [6.07, 6.45) is 6.48. The lowest BCUT2D eigenvalue weighted by Gasteiger charge is -2.25. The zero-order valence-electron chi connectivity index (χ0n) is 22.7. The zero-order valence-corrected chi connectivity index (χ0v) is 22.7. The van der Waals surface area contributed by atoms with Gasteiger partial charge < -0.3 is 4.74 Å². The molecule has 3 heteroatoms. The van der Waals surface area contributed by atoms with Gasteiger partial charge in [0.1, 0.15) is 24.0 Å². The molecule has 2 aliphatic rings. The Morgan fingerprint density at radius 1 is 1.05 bits per heavy atom. The molecule has 5 rings (SSSR count). The highest BCUT2D eigenvalue weighted by Crippen LogP contribution is 2.47. The molecule has 0 saturated carbocycles. The van der Waals surface area contributed by atoms with Crippen molar-refractivity contribution < 1.29 is 13.9 Å². The van der Waals surface area contributed by atoms with E-state index in [0.29, 0.717) is 12.2 Å². The van der Waals surface area contributed by atoms with Gasteiger partial charge in [-0.05, 0) is 115 Å². The van der Waals surface area contributed by atoms with E-state index in [9.17, 15) is 9.18 Å². The van der Waals surface area contributed by atoms with Crippen LogP contribution in [0, 0.1) is 24.1 Å². The van der Waals surface area contributed by atoms with Crippen LogP contribution >= 0.6 is 0 Å². The van der Waals surface area contributed by atoms with Crippen molar-refractivity contribution in [2.45, 2.75) is 72.8 Å². The van der Waals surface area contributed by atoms with Crippen molar-refractivity contribution in [3.8, 4) is 16.9 Å². The van der Waals surface area contributed by atoms with Gasteiger partial charge in [0.05, 0.1) is 0 Å². The van der Waals surface area contributed by atoms with Crippen molar-refractivity contribution in [3.05, 3.63) is 94.3 Å². The number of aryl methyl sites for hydroxylation is 2. The third-order valence-corrected chi connectivity index (χ3v) is 8.52. The van der Waals surface area contributed by atoms with E-state index in [4.69, 9.17) is 4.74 Å². The average Bonchev–Trinajstić information content (AvgIpc) is 3.45. The van der Waals surface area contributed by atoms with Gasteiger partial charge in [0.2, 0.25) is 0 Å². The highest BCUT2D eigenvalue weighted by molar-refractivity contribution is 5.85. The van der Waals surface area contributed by atoms with Crippen LogP contribution < -0.4 is 4.74 Å². The summed E-state index contributed by atoms with van der Waals surface area (Å²) in [6.45, 7) is 10.7. The number of carbonyl (C=O) groups is 1. The second-order valence-electron chi connectivity index (χ2n) is 11.6. The van der Waals surface area contributed by atoms with Gasteiger partial charge in [0.15, 0.2) is 0 Å². The molecule has 192 valence electrons. The van der Waals surface area contributed by atoms with Crippen molar-refractivity contribution >= 4 is 11.4 Å². The van der Waals surface area contributed by atoms with Crippen molar-refractivity contribution in [3.63, 3.8) is 0 Å². The molecule has 0 spiro atoms. The number of ketones is 1. The molecule has 0 N–H and O–H groups in total. The summed E-state index contributed by atoms with van der Waals surface area (Å²) in [6, 6.07) is 17.9. The molecule has 0 aromatic heterocycles. The number of halogens is 1. The third-order valence-electron chi connectivity index (χ3n) is 8.52. The van der Waals surface area contributed by atoms with Crippen LogP contribution in [0.15, 0.2) is 60.7 Å². The summed E-state index contributed by atoms with van der Waals surface area (Å²) >= 11 is 0. The van der Waals surface area contributed by atoms with Gasteiger partial charge in [0.25, 0.3) is 0 Å². The average molecular weight is 497 g/mol. The molecule has 0 radical (unpaired) electrons. The Kier molecular flexibility index (Phi) is 6.83. The van der Waals surface area contributed by atoms with E-state index in [2.05, 4.69) is 44.2 Å². The minimum absolute atomic E-state index is 0.0247. The van der Waals surface area contributed by atoms with E-state index in [0.717, 1.165) is 53.7 Å². The van der Waals surface area contributed by atoms with Gasteiger partial charge in [-0.25, -0.2) is 4.39 Å². The summed E-state index contributed by atoms with van der Waals surface area (Å²) in [5.74, 6) is 1.17. The van der Waals surface area contributed by atoms with Crippen LogP contribution in [0.25, 0.3) is 16.7 Å². The molecular weight excluding hydrogens is 459 g/mol. The van der Waals surface area contributed by atoms with Crippen LogP contribution in [0.4, 0.5) is 4.39 Å². The van der Waals surface area contributed by atoms with Gasteiger partial charge in [0, 0.05) is 11.5 Å². The van der Waals surface area contributed by atoms with Gasteiger partial charge in [-0.3, -0.25) is 4.79 Å². The Morgan fingerprint density at radius 2 is 1.86 bits per heavy atom. The molecule has 0 saturated heterocycles. The number of carbonyl (C=O) groups excluding carboxylic acids is 1. The Balaban J connectivity index is 1.45. The number of benzene rings is 3. The molecule has 2 nitrogen and oxygen atoms in total. The molecule has 0 bridgehead atoms. The number of ether oxygens (including phenoxy) is 1. The van der Waals surface area contributed by atoms with Crippen LogP contribution in [-0.2, 0) is 17.8 Å². The lowest BCUT2D eigenvalue weighted by Crippen LogP contribution is -2.15. The van der Waals surface area contributed by atoms with Crippen molar-refractivity contribution in [1.29, 1.82) is 0 Å². The predicted molar refractivity (Wildman–Crippen MR) is 149 cm³/mol. The first-order chi connectivity index (χ1) is 17.6. The Bertz CT molecular complexity index is 1380. The number of hydrogen-bond acceptors (Lipinski definition) is 2. The van der Waals surface area contributed by atoms with Crippen LogP contribution in [0.1, 0.15) is 80.7 Å². The molecule has 2 atom stereocenters. The SMILES string of the molecule is CC(=O)[C@@H](C)[C@H]1CCc2ccc(OCc3ccc(-c4cc(C)ccc4F)c(C4=CCCC4(C)C)c3)cc21. The molecule has 0 unspecified atom stereocenters. The third kappa shape index (κ3) is 5.01. The molecule has 3 aromatic rings. The lowest BCUT2D eigenvalue weighted by molar-refractivity contribution is -0.120. The van der Waals surface area contributed by atoms with Gasteiger partial charge in [-0.1, -0.05) is 56.7 Å². The summed E-state index contributed by atoms with van der Waals surface area (Å²) in [5, 5.41) is 0. The van der Waals surface area contributed by atoms with E-state index in [1.54, 1.807) is 13.0 Å². The summed E-state index contributed by atoms with van der Waals surface area (Å²) < 4.78 is 21.3. The normalized spacial score (nSPS) is 18.9. The topological polar surface area (TPSA) is 26.3 Å². The van der Waals surface area contributed by atoms with Gasteiger partial charge in [-0.15, -0.1) is 0 Å². The van der Waals surface area contributed by atoms with Crippen molar-refractivity contribution in [2.24, 2.45) is 11.3 Å². The molecule has 37 heavy (non-hydrogen) atoms. The standard InChI is InChI=1S/C34H37FO2/c1-21-8-15-33(35)31(17-21)28-13-9-24(18-30(28)32-7-6-16-34(32,4)5)20-37-26-12-10-25-11-14-27(29(25)19-26)22(2)23(3)36/h7-10,12-13,15,17-19,22,27H,6,11,14,16,20H2,1-5H3/t22-,27-/m1/s1. The van der Waals surface area contributed by atoms with E-state index >= 15 is 0 Å². The maximum atomic E-state index is 15.0. The number of allylic oxidation sites excluding steroid dienone is 2. The van der Waals surface area contributed by atoms with Gasteiger partial charge >= 0.3 is 0 Å². The highest BCUT2D eigenvalue weighted by atomic mass is 19.1. The van der Waals surface area contributed by atoms with Crippen molar-refractivity contribution in [2.75, 3.05) is 0 Å². The van der Waals surface area contributed by atoms with Crippen molar-refractivity contribution in [1.82, 2.24) is 0 Å². The molecule has 2 aliphatic carbocycles. The molecular formula is C34H37FO2. The second kappa shape index (κ2) is 9.93. The van der Waals surface area contributed by atoms with Crippen LogP contribution in [0.2, 0.25) is 0 Å². The maximum absolute atomic E-state index is 15.0. The first-order valence-electron chi connectivity index (χ1n) is 13.5. The number of hydrogen-bond donors (Lipinski definition) is 0. The predicted octanol–water partition coefficient (Wildman–Crippen LogP) is 8.84. The van der Waals surface area contributed by atoms with Gasteiger partial charge in [-0.2, -0.15) is 0 Å². The summed E-state index contributed by atoms with van der Waals surface area (Å²) in [5.41, 5.74) is 8.68. The summed E-state index contributed by atoms with van der Waals surface area (Å²) in [7, 11) is 0. The lowest BCUT2D eigenvalue weighted by atomic mass is 9.79. The quantitative estimate of drug-likeness (QED) is 0.327. The van der Waals surface area contributed by atoms with E-state index in [1.165, 1.54) is 16.7 Å². The minimum Gasteiger partial charge on any atom is -0.489 e. The number of Topliss-reactive ketones (excluding diaryl/α,β-unsaturated/α-hetero) is 1. The molecule has 3 aromatic carbocycles. The minimum atomic E-state index is -0.195. The fourth-order valence-corrected chi connectivity index (χ4v) is 6.12. The zero-order chi connectivity index (χ0) is 26.3. The highest BCUT2D eigenvalue weighted by Gasteiger charge is 2.31. The molecule has 0 aliphatic heterocycles. The first kappa shape index (κ1) is 25.4. The molecule has 0 heterocycles. The van der Waals surface area contributed by atoms with Crippen LogP contribution in [-0.4, -0.2) is 5.78 Å². The first-order valence-corrected chi connectivity index (χ1v) is 13.5. The monoisotopic (exact) mass is 496 g/mol. The molecule has 0 fully saturated rings. The largest absolute Gasteiger partial charge is 0.489 e. The van der Waals surface area contributed by atoms with E-state index in [1.807, 2.05) is 38.1 Å². The Hall–Kier alpha value is -3.20. The summed E-state index contributed by atoms with van der Waals surface area (Å²) in [4.78, 5) is 12.0. The van der Waals surface area contributed by atoms with Crippen LogP contribution in [0.5, 0.6) is 5.75 Å². The fraction of sp³-hybridized carbons (Fsp3) is 0.382. The van der Waals surface area contributed by atoms with Crippen LogP contribution in [0.3, 0.4) is 0 Å². The number of rotatable bonds is 7. The Labute approximate surface area is 220 Å². The van der Waals surface area contributed by atoms with E-state index in [-0.39, 0.29) is 28.9 Å². The fourth-order valence-electron chi connectivity index (χ4n) is 6.12. The smallest absolute Gasteiger partial charge is 0.133 e. The molecule has 0 amide bonds. The second-order valence-corrected chi connectivity index (χ2v) is 11.6.